The summed E-state index contributed by atoms with van der Waals surface area (Å²) in [7, 11) is 0. The van der Waals surface area contributed by atoms with Gasteiger partial charge in [-0.25, -0.2) is 0 Å². The highest BCUT2D eigenvalue weighted by molar-refractivity contribution is 5.90. The van der Waals surface area contributed by atoms with Crippen molar-refractivity contribution in [2.24, 2.45) is 0 Å². The Morgan fingerprint density at radius 2 is 1.11 bits per heavy atom. The predicted octanol–water partition coefficient (Wildman–Crippen LogP) is 4.20. The molecule has 0 fully saturated rings. The average molecular weight is 248 g/mol. The van der Waals surface area contributed by atoms with E-state index in [1.165, 1.54) is 12.2 Å². The molecule has 0 spiro atoms. The summed E-state index contributed by atoms with van der Waals surface area (Å²) < 4.78 is 0. The van der Waals surface area contributed by atoms with Crippen LogP contribution >= 0.6 is 0 Å². The minimum Gasteiger partial charge on any atom is -0.295 e. The van der Waals surface area contributed by atoms with Gasteiger partial charge in [-0.05, 0) is 25.0 Å². The number of carbonyl (C=O) groups is 2. The van der Waals surface area contributed by atoms with Crippen molar-refractivity contribution in [3.05, 3.63) is 49.6 Å². The molecule has 2 heteroatoms. The second-order valence-electron chi connectivity index (χ2n) is 3.51. The van der Waals surface area contributed by atoms with Crippen molar-refractivity contribution in [3.63, 3.8) is 0 Å². The molecule has 0 N–H and O–H groups in total. The largest absolute Gasteiger partial charge is 0.295 e. The van der Waals surface area contributed by atoms with Crippen LogP contribution < -0.4 is 0 Å². The first-order valence-electron chi connectivity index (χ1n) is 6.22. The van der Waals surface area contributed by atoms with Crippen molar-refractivity contribution < 1.29 is 9.59 Å². The summed E-state index contributed by atoms with van der Waals surface area (Å²) >= 11 is 0. The molecule has 0 rings (SSSR count). The molecule has 18 heavy (non-hydrogen) atoms. The van der Waals surface area contributed by atoms with E-state index in [-0.39, 0.29) is 11.6 Å². The van der Waals surface area contributed by atoms with E-state index in [0.717, 1.165) is 12.8 Å². The molecule has 0 saturated carbocycles. The van der Waals surface area contributed by atoms with Gasteiger partial charge in [0.15, 0.2) is 11.6 Å². The molecule has 0 bridgehead atoms. The third kappa shape index (κ3) is 16.7. The predicted molar refractivity (Wildman–Crippen MR) is 78.5 cm³/mol. The van der Waals surface area contributed by atoms with E-state index in [4.69, 9.17) is 0 Å². The van der Waals surface area contributed by atoms with Crippen molar-refractivity contribution in [1.29, 1.82) is 0 Å². The van der Waals surface area contributed by atoms with Crippen molar-refractivity contribution in [2.75, 3.05) is 0 Å². The molecular formula is C16H24O2. The maximum Gasteiger partial charge on any atom is 0.158 e. The number of hydrogen-bond acceptors (Lipinski definition) is 2. The Kier molecular flexibility index (Phi) is 15.9. The Hall–Kier alpha value is -1.70. The molecule has 2 nitrogen and oxygen atoms in total. The zero-order valence-corrected chi connectivity index (χ0v) is 11.5. The standard InChI is InChI=1S/2C8H12O/c2*1-3-5-6-7-8(9)4-2/h2*4-6H,2-3,7H2,1H3/b2*6-5-. The van der Waals surface area contributed by atoms with Crippen LogP contribution in [0.15, 0.2) is 49.6 Å². The van der Waals surface area contributed by atoms with Gasteiger partial charge in [-0.15, -0.1) is 0 Å². The molecular weight excluding hydrogens is 224 g/mol. The Bertz CT molecular complexity index is 277. The molecule has 0 aromatic carbocycles. The van der Waals surface area contributed by atoms with E-state index in [2.05, 4.69) is 13.2 Å². The van der Waals surface area contributed by atoms with E-state index >= 15 is 0 Å². The maximum absolute atomic E-state index is 10.5. The summed E-state index contributed by atoms with van der Waals surface area (Å²) in [5, 5.41) is 0. The smallest absolute Gasteiger partial charge is 0.158 e. The third-order valence-electron chi connectivity index (χ3n) is 1.90. The first-order chi connectivity index (χ1) is 8.62. The van der Waals surface area contributed by atoms with Gasteiger partial charge < -0.3 is 0 Å². The fraction of sp³-hybridized carbons (Fsp3) is 0.375. The fourth-order valence-electron chi connectivity index (χ4n) is 0.899. The molecule has 0 radical (unpaired) electrons. The van der Waals surface area contributed by atoms with Crippen LogP contribution in [0.2, 0.25) is 0 Å². The average Bonchev–Trinajstić information content (AvgIpc) is 2.39. The topological polar surface area (TPSA) is 34.1 Å². The summed E-state index contributed by atoms with van der Waals surface area (Å²) in [6.07, 6.45) is 13.3. The number of hydrogen-bond donors (Lipinski definition) is 0. The van der Waals surface area contributed by atoms with Gasteiger partial charge in [-0.2, -0.15) is 0 Å². The van der Waals surface area contributed by atoms with Crippen LogP contribution in [0.3, 0.4) is 0 Å². The van der Waals surface area contributed by atoms with Crippen molar-refractivity contribution in [2.45, 2.75) is 39.5 Å². The minimum atomic E-state index is 0.0831. The van der Waals surface area contributed by atoms with Crippen LogP contribution in [0.4, 0.5) is 0 Å². The second kappa shape index (κ2) is 15.3. The lowest BCUT2D eigenvalue weighted by Gasteiger charge is -1.82. The number of carbonyl (C=O) groups excluding carboxylic acids is 2. The molecule has 0 atom stereocenters. The molecule has 0 aromatic heterocycles. The van der Waals surface area contributed by atoms with Crippen LogP contribution in [0.25, 0.3) is 0 Å². The van der Waals surface area contributed by atoms with Crippen LogP contribution in [-0.4, -0.2) is 11.6 Å². The molecule has 0 saturated heterocycles. The van der Waals surface area contributed by atoms with Crippen molar-refractivity contribution in [1.82, 2.24) is 0 Å². The molecule has 100 valence electrons. The Labute approximate surface area is 111 Å². The molecule has 0 aromatic rings. The third-order valence-corrected chi connectivity index (χ3v) is 1.90. The van der Waals surface area contributed by atoms with Crippen LogP contribution in [0.1, 0.15) is 39.5 Å². The van der Waals surface area contributed by atoms with Crippen LogP contribution in [0.5, 0.6) is 0 Å². The minimum absolute atomic E-state index is 0.0831. The monoisotopic (exact) mass is 248 g/mol. The zero-order chi connectivity index (χ0) is 14.2. The maximum atomic E-state index is 10.5. The van der Waals surface area contributed by atoms with Crippen LogP contribution in [0, 0.1) is 0 Å². The highest BCUT2D eigenvalue weighted by Gasteiger charge is 1.87. The summed E-state index contributed by atoms with van der Waals surface area (Å²) in [6.45, 7) is 10.8. The summed E-state index contributed by atoms with van der Waals surface area (Å²) in [5.74, 6) is 0.166. The van der Waals surface area contributed by atoms with Gasteiger partial charge in [0, 0.05) is 12.8 Å². The lowest BCUT2D eigenvalue weighted by Crippen LogP contribution is -1.86. The molecule has 0 unspecified atom stereocenters. The molecule has 0 aliphatic heterocycles. The van der Waals surface area contributed by atoms with Gasteiger partial charge in [0.25, 0.3) is 0 Å². The lowest BCUT2D eigenvalue weighted by molar-refractivity contribution is -0.114. The lowest BCUT2D eigenvalue weighted by atomic mass is 10.2. The Morgan fingerprint density at radius 3 is 1.33 bits per heavy atom. The summed E-state index contributed by atoms with van der Waals surface area (Å²) in [4.78, 5) is 21.0. The SMILES string of the molecule is C=CC(=O)C/C=C\CC.C=CC(=O)C/C=C\CC. The summed E-state index contributed by atoms with van der Waals surface area (Å²) in [6, 6.07) is 0. The van der Waals surface area contributed by atoms with Gasteiger partial charge in [-0.1, -0.05) is 51.3 Å². The molecule has 0 aliphatic rings. The Morgan fingerprint density at radius 1 is 0.778 bits per heavy atom. The Balaban J connectivity index is 0. The van der Waals surface area contributed by atoms with Crippen molar-refractivity contribution in [3.8, 4) is 0 Å². The first-order valence-corrected chi connectivity index (χ1v) is 6.22. The van der Waals surface area contributed by atoms with Crippen LogP contribution in [-0.2, 0) is 9.59 Å². The molecule has 0 heterocycles. The van der Waals surface area contributed by atoms with E-state index in [1.54, 1.807) is 0 Å². The highest BCUT2D eigenvalue weighted by atomic mass is 16.1. The van der Waals surface area contributed by atoms with Gasteiger partial charge >= 0.3 is 0 Å². The number of ketones is 2. The summed E-state index contributed by atoms with van der Waals surface area (Å²) in [5.41, 5.74) is 0. The van der Waals surface area contributed by atoms with Crippen molar-refractivity contribution >= 4 is 11.6 Å². The quantitative estimate of drug-likeness (QED) is 0.476. The van der Waals surface area contributed by atoms with E-state index in [1.807, 2.05) is 38.2 Å². The molecule has 0 amide bonds. The van der Waals surface area contributed by atoms with E-state index < -0.39 is 0 Å². The highest BCUT2D eigenvalue weighted by Crippen LogP contribution is 1.88. The zero-order valence-electron chi connectivity index (χ0n) is 11.5. The number of allylic oxidation sites excluding steroid dienone is 6. The first kappa shape index (κ1) is 18.7. The molecule has 0 aliphatic carbocycles. The van der Waals surface area contributed by atoms with Gasteiger partial charge in [-0.3, -0.25) is 9.59 Å². The van der Waals surface area contributed by atoms with Gasteiger partial charge in [0.05, 0.1) is 0 Å². The van der Waals surface area contributed by atoms with Gasteiger partial charge in [0.1, 0.15) is 0 Å². The fourth-order valence-corrected chi connectivity index (χ4v) is 0.899. The normalized spacial score (nSPS) is 9.89. The van der Waals surface area contributed by atoms with Gasteiger partial charge in [0.2, 0.25) is 0 Å². The number of rotatable bonds is 8. The van der Waals surface area contributed by atoms with E-state index in [0.29, 0.717) is 12.8 Å². The van der Waals surface area contributed by atoms with E-state index in [9.17, 15) is 9.59 Å². The second-order valence-corrected chi connectivity index (χ2v) is 3.51.